The van der Waals surface area contributed by atoms with Crippen molar-refractivity contribution in [2.45, 2.75) is 27.7 Å². The minimum atomic E-state index is -0.649. The summed E-state index contributed by atoms with van der Waals surface area (Å²) in [5, 5.41) is 0. The normalized spacial score (nSPS) is 11.1. The van der Waals surface area contributed by atoms with Crippen LogP contribution >= 0.6 is 11.6 Å². The highest BCUT2D eigenvalue weighted by atomic mass is 35.5. The van der Waals surface area contributed by atoms with E-state index in [-0.39, 0.29) is 24.3 Å². The van der Waals surface area contributed by atoms with Crippen molar-refractivity contribution in [3.63, 3.8) is 0 Å². The highest BCUT2D eigenvalue weighted by molar-refractivity contribution is 6.19. The second-order valence-electron chi connectivity index (χ2n) is 4.14. The Bertz CT molecular complexity index is 254. The molecule has 0 aromatic carbocycles. The molecule has 0 N–H and O–H groups in total. The Morgan fingerprint density at radius 1 is 1.31 bits per heavy atom. The number of carbonyl (C=O) groups excluding carboxylic acids is 2. The summed E-state index contributed by atoms with van der Waals surface area (Å²) in [6, 6.07) is 0. The maximum Gasteiger partial charge on any atom is 0.325 e. The number of ether oxygens (including phenoxy) is 1. The minimum absolute atomic E-state index is 0.0104. The summed E-state index contributed by atoms with van der Waals surface area (Å²) in [6.45, 7) is 7.86. The number of carbonyl (C=O) groups is 2. The van der Waals surface area contributed by atoms with E-state index in [1.165, 1.54) is 4.90 Å². The summed E-state index contributed by atoms with van der Waals surface area (Å²) in [5.74, 6) is -0.286. The molecule has 0 unspecified atom stereocenters. The van der Waals surface area contributed by atoms with Gasteiger partial charge >= 0.3 is 5.97 Å². The van der Waals surface area contributed by atoms with Crippen LogP contribution in [-0.2, 0) is 14.3 Å². The van der Waals surface area contributed by atoms with E-state index in [0.717, 1.165) is 0 Å². The van der Waals surface area contributed by atoms with Crippen LogP contribution in [0.3, 0.4) is 0 Å². The van der Waals surface area contributed by atoms with Gasteiger partial charge in [-0.2, -0.15) is 0 Å². The van der Waals surface area contributed by atoms with Crippen LogP contribution in [-0.4, -0.2) is 42.4 Å². The molecule has 16 heavy (non-hydrogen) atoms. The van der Waals surface area contributed by atoms with Crippen LogP contribution in [0.15, 0.2) is 0 Å². The van der Waals surface area contributed by atoms with Crippen LogP contribution in [0, 0.1) is 5.41 Å². The van der Waals surface area contributed by atoms with Gasteiger partial charge in [0.05, 0.1) is 12.0 Å². The first-order valence-corrected chi connectivity index (χ1v) is 5.93. The van der Waals surface area contributed by atoms with Crippen LogP contribution in [0.1, 0.15) is 27.7 Å². The first kappa shape index (κ1) is 15.2. The van der Waals surface area contributed by atoms with Crippen LogP contribution in [0.4, 0.5) is 0 Å². The van der Waals surface area contributed by atoms with Gasteiger partial charge in [0.2, 0.25) is 5.91 Å². The SMILES string of the molecule is CCOC(=O)CN(CC)C(=O)C(C)(C)CCl. The molecule has 0 aliphatic heterocycles. The van der Waals surface area contributed by atoms with E-state index < -0.39 is 5.41 Å². The van der Waals surface area contributed by atoms with Crippen molar-refractivity contribution >= 4 is 23.5 Å². The Hall–Kier alpha value is -0.770. The lowest BCUT2D eigenvalue weighted by molar-refractivity contribution is -0.151. The van der Waals surface area contributed by atoms with E-state index >= 15 is 0 Å². The summed E-state index contributed by atoms with van der Waals surface area (Å²) in [4.78, 5) is 24.7. The van der Waals surface area contributed by atoms with Gasteiger partial charge in [-0.25, -0.2) is 0 Å². The summed E-state index contributed by atoms with van der Waals surface area (Å²) in [6.07, 6.45) is 0. The van der Waals surface area contributed by atoms with Crippen molar-refractivity contribution in [2.75, 3.05) is 25.6 Å². The highest BCUT2D eigenvalue weighted by Crippen LogP contribution is 2.20. The number of nitrogens with zero attached hydrogens (tertiary/aromatic N) is 1. The van der Waals surface area contributed by atoms with Gasteiger partial charge in [-0.05, 0) is 27.7 Å². The summed E-state index contributed by atoms with van der Waals surface area (Å²) in [5.41, 5.74) is -0.649. The Balaban J connectivity index is 4.50. The van der Waals surface area contributed by atoms with Crippen molar-refractivity contribution in [1.82, 2.24) is 4.90 Å². The van der Waals surface area contributed by atoms with Crippen LogP contribution in [0.25, 0.3) is 0 Å². The van der Waals surface area contributed by atoms with Gasteiger partial charge in [0.15, 0.2) is 0 Å². The van der Waals surface area contributed by atoms with E-state index in [0.29, 0.717) is 13.2 Å². The second-order valence-corrected chi connectivity index (χ2v) is 4.41. The van der Waals surface area contributed by atoms with Gasteiger partial charge in [0.1, 0.15) is 6.54 Å². The summed E-state index contributed by atoms with van der Waals surface area (Å²) < 4.78 is 4.80. The van der Waals surface area contributed by atoms with Crippen molar-refractivity contribution in [2.24, 2.45) is 5.41 Å². The molecule has 0 aromatic rings. The fourth-order valence-corrected chi connectivity index (χ4v) is 1.29. The molecule has 0 bridgehead atoms. The quantitative estimate of drug-likeness (QED) is 0.531. The Kier molecular flexibility index (Phi) is 6.41. The first-order valence-electron chi connectivity index (χ1n) is 5.40. The molecule has 94 valence electrons. The van der Waals surface area contributed by atoms with Gasteiger partial charge in [0.25, 0.3) is 0 Å². The number of likely N-dealkylation sites (N-methyl/N-ethyl adjacent to an activating group) is 1. The van der Waals surface area contributed by atoms with Crippen LogP contribution in [0.5, 0.6) is 0 Å². The fraction of sp³-hybridized carbons (Fsp3) is 0.818. The molecule has 0 aliphatic carbocycles. The van der Waals surface area contributed by atoms with E-state index in [4.69, 9.17) is 16.3 Å². The van der Waals surface area contributed by atoms with Gasteiger partial charge < -0.3 is 9.64 Å². The standard InChI is InChI=1S/C11H20ClNO3/c1-5-13(7-9(14)16-6-2)10(15)11(3,4)8-12/h5-8H2,1-4H3. The van der Waals surface area contributed by atoms with Gasteiger partial charge in [0, 0.05) is 12.4 Å². The maximum atomic E-state index is 12.0. The van der Waals surface area contributed by atoms with Gasteiger partial charge in [-0.3, -0.25) is 9.59 Å². The predicted octanol–water partition coefficient (Wildman–Crippen LogP) is 1.66. The third-order valence-electron chi connectivity index (χ3n) is 2.21. The van der Waals surface area contributed by atoms with Crippen LogP contribution < -0.4 is 0 Å². The molecule has 4 nitrogen and oxygen atoms in total. The smallest absolute Gasteiger partial charge is 0.325 e. The number of amides is 1. The molecule has 0 saturated carbocycles. The third kappa shape index (κ3) is 4.39. The topological polar surface area (TPSA) is 46.6 Å². The fourth-order valence-electron chi connectivity index (χ4n) is 1.17. The zero-order chi connectivity index (χ0) is 12.8. The number of hydrogen-bond acceptors (Lipinski definition) is 3. The minimum Gasteiger partial charge on any atom is -0.465 e. The number of alkyl halides is 1. The molecule has 0 rings (SSSR count). The monoisotopic (exact) mass is 249 g/mol. The van der Waals surface area contributed by atoms with Crippen molar-refractivity contribution in [1.29, 1.82) is 0 Å². The summed E-state index contributed by atoms with van der Waals surface area (Å²) >= 11 is 5.72. The zero-order valence-corrected chi connectivity index (χ0v) is 11.1. The number of rotatable bonds is 6. The molecular weight excluding hydrogens is 230 g/mol. The molecule has 0 heterocycles. The molecule has 0 saturated heterocycles. The van der Waals surface area contributed by atoms with E-state index in [1.807, 2.05) is 6.92 Å². The maximum absolute atomic E-state index is 12.0. The average Bonchev–Trinajstić information content (AvgIpc) is 2.25. The number of hydrogen-bond donors (Lipinski definition) is 0. The van der Waals surface area contributed by atoms with Gasteiger partial charge in [-0.15, -0.1) is 11.6 Å². The molecule has 5 heteroatoms. The van der Waals surface area contributed by atoms with Crippen LogP contribution in [0.2, 0.25) is 0 Å². The number of esters is 1. The van der Waals surface area contributed by atoms with E-state index in [1.54, 1.807) is 20.8 Å². The van der Waals surface area contributed by atoms with Crippen molar-refractivity contribution in [3.05, 3.63) is 0 Å². The highest BCUT2D eigenvalue weighted by Gasteiger charge is 2.31. The number of halogens is 1. The lowest BCUT2D eigenvalue weighted by atomic mass is 9.94. The molecule has 1 amide bonds. The van der Waals surface area contributed by atoms with E-state index in [9.17, 15) is 9.59 Å². The predicted molar refractivity (Wildman–Crippen MR) is 63.4 cm³/mol. The lowest BCUT2D eigenvalue weighted by Crippen LogP contribution is -2.44. The Labute approximate surface area is 102 Å². The molecule has 0 aromatic heterocycles. The average molecular weight is 250 g/mol. The molecule has 0 spiro atoms. The molecule has 0 radical (unpaired) electrons. The van der Waals surface area contributed by atoms with Crippen molar-refractivity contribution < 1.29 is 14.3 Å². The second kappa shape index (κ2) is 6.74. The van der Waals surface area contributed by atoms with E-state index in [2.05, 4.69) is 0 Å². The molecular formula is C11H20ClNO3. The summed E-state index contributed by atoms with van der Waals surface area (Å²) in [7, 11) is 0. The van der Waals surface area contributed by atoms with Crippen molar-refractivity contribution in [3.8, 4) is 0 Å². The Morgan fingerprint density at radius 2 is 1.88 bits per heavy atom. The molecule has 0 atom stereocenters. The molecule has 0 aliphatic rings. The Morgan fingerprint density at radius 3 is 2.25 bits per heavy atom. The largest absolute Gasteiger partial charge is 0.465 e. The third-order valence-corrected chi connectivity index (χ3v) is 2.88. The zero-order valence-electron chi connectivity index (χ0n) is 10.4. The lowest BCUT2D eigenvalue weighted by Gasteiger charge is -2.28. The first-order chi connectivity index (χ1) is 7.38. The van der Waals surface area contributed by atoms with Gasteiger partial charge in [-0.1, -0.05) is 0 Å². The molecule has 0 fully saturated rings.